The third-order valence-corrected chi connectivity index (χ3v) is 10.7. The second-order valence-electron chi connectivity index (χ2n) is 6.25. The van der Waals surface area contributed by atoms with Gasteiger partial charge in [-0.2, -0.15) is 0 Å². The van der Waals surface area contributed by atoms with Crippen LogP contribution in [-0.4, -0.2) is 0 Å². The molecule has 0 radical (unpaired) electrons. The first kappa shape index (κ1) is 17.2. The second-order valence-corrected chi connectivity index (χ2v) is 11.1. The van der Waals surface area contributed by atoms with Crippen LogP contribution in [0, 0.1) is 0 Å². The molecule has 0 aromatic heterocycles. The van der Waals surface area contributed by atoms with Crippen molar-refractivity contribution in [1.29, 1.82) is 0 Å². The van der Waals surface area contributed by atoms with Crippen LogP contribution in [0.2, 0.25) is 0 Å². The topological polar surface area (TPSA) is 0 Å². The molecule has 0 N–H and O–H groups in total. The van der Waals surface area contributed by atoms with Gasteiger partial charge in [-0.05, 0) is 0 Å². The molecule has 0 aromatic rings. The zero-order chi connectivity index (χ0) is 15.1. The van der Waals surface area contributed by atoms with E-state index in [1.165, 1.54) is 57.8 Å². The molecule has 0 atom stereocenters. The molecule has 0 aliphatic heterocycles. The van der Waals surface area contributed by atoms with Gasteiger partial charge < -0.3 is 0 Å². The summed E-state index contributed by atoms with van der Waals surface area (Å²) in [5.74, 6) is 0. The van der Waals surface area contributed by atoms with Crippen LogP contribution >= 0.6 is 0 Å². The Morgan fingerprint density at radius 1 is 0.952 bits per heavy atom. The van der Waals surface area contributed by atoms with Gasteiger partial charge in [0.1, 0.15) is 0 Å². The fourth-order valence-electron chi connectivity index (χ4n) is 3.31. The number of unbranched alkanes of at least 4 members (excludes halogenated alkanes) is 1. The van der Waals surface area contributed by atoms with Gasteiger partial charge in [0.2, 0.25) is 0 Å². The molecule has 0 saturated carbocycles. The number of allylic oxidation sites excluding steroid dienone is 8. The van der Waals surface area contributed by atoms with E-state index in [-0.39, 0.29) is 0 Å². The molecule has 0 saturated heterocycles. The molecule has 0 aromatic carbocycles. The van der Waals surface area contributed by atoms with Crippen LogP contribution in [0.25, 0.3) is 0 Å². The van der Waals surface area contributed by atoms with Crippen molar-refractivity contribution >= 4 is 0 Å². The number of hydrogen-bond acceptors (Lipinski definition) is 0. The van der Waals surface area contributed by atoms with Crippen molar-refractivity contribution in [3.8, 4) is 0 Å². The quantitative estimate of drug-likeness (QED) is 0.346. The van der Waals surface area contributed by atoms with Gasteiger partial charge in [0.05, 0.1) is 0 Å². The normalized spacial score (nSPS) is 18.0. The zero-order valence-corrected chi connectivity index (χ0v) is 17.7. The summed E-state index contributed by atoms with van der Waals surface area (Å²) in [5, 5.41) is 0. The minimum absolute atomic E-state index is 0.797. The predicted molar refractivity (Wildman–Crippen MR) is 89.9 cm³/mol. The van der Waals surface area contributed by atoms with Gasteiger partial charge >= 0.3 is 143 Å². The predicted octanol–water partition coefficient (Wildman–Crippen LogP) is 6.66. The summed E-state index contributed by atoms with van der Waals surface area (Å²) < 4.78 is 3.81. The summed E-state index contributed by atoms with van der Waals surface area (Å²) in [5.41, 5.74) is 5.30. The fraction of sp³-hybridized carbons (Fsp3) is 0.600. The first-order valence-electron chi connectivity index (χ1n) is 8.87. The Morgan fingerprint density at radius 2 is 1.76 bits per heavy atom. The molecule has 0 unspecified atom stereocenters. The Hall–Kier alpha value is -0.170. The van der Waals surface area contributed by atoms with E-state index in [0.717, 1.165) is 0 Å². The summed E-state index contributed by atoms with van der Waals surface area (Å²) in [6.07, 6.45) is 19.3. The Bertz CT molecular complexity index is 474. The van der Waals surface area contributed by atoms with E-state index >= 15 is 0 Å². The van der Waals surface area contributed by atoms with Crippen LogP contribution in [0.1, 0.15) is 78.6 Å². The van der Waals surface area contributed by atoms with Crippen molar-refractivity contribution in [2.75, 3.05) is 0 Å². The van der Waals surface area contributed by atoms with Crippen molar-refractivity contribution in [3.05, 3.63) is 41.6 Å². The molecule has 2 aliphatic rings. The Kier molecular flexibility index (Phi) is 7.43. The van der Waals surface area contributed by atoms with Crippen LogP contribution in [0.4, 0.5) is 0 Å². The molecule has 0 fully saturated rings. The van der Waals surface area contributed by atoms with Crippen molar-refractivity contribution in [1.82, 2.24) is 0 Å². The molecule has 2 rings (SSSR count). The molecule has 1 heteroatoms. The standard InChI is InChI=1S/C12H19.C8H11.Hf/c1-3-5-7-12-9-8-11(10-12)6-4-2;1-2-5-8-6-3-4-7-8;/h9H,3-8H2,1-2H3;3,6H,2,4-5H2,1H3;. The number of rotatable bonds is 9. The molecule has 114 valence electrons. The van der Waals surface area contributed by atoms with E-state index in [1.54, 1.807) is 11.1 Å². The van der Waals surface area contributed by atoms with Crippen LogP contribution in [-0.2, 0) is 22.9 Å². The summed E-state index contributed by atoms with van der Waals surface area (Å²) >= 11 is -0.797. The Labute approximate surface area is 142 Å². The molecule has 0 nitrogen and oxygen atoms in total. The van der Waals surface area contributed by atoms with Crippen molar-refractivity contribution in [3.63, 3.8) is 0 Å². The van der Waals surface area contributed by atoms with Gasteiger partial charge in [0.15, 0.2) is 0 Å². The van der Waals surface area contributed by atoms with Gasteiger partial charge in [-0.3, -0.25) is 0 Å². The van der Waals surface area contributed by atoms with Gasteiger partial charge in [-0.1, -0.05) is 0 Å². The molecule has 2 aliphatic carbocycles. The van der Waals surface area contributed by atoms with Crippen molar-refractivity contribution in [2.45, 2.75) is 78.6 Å². The Balaban J connectivity index is 2.14. The maximum absolute atomic E-state index is 2.57. The van der Waals surface area contributed by atoms with Gasteiger partial charge in [-0.15, -0.1) is 0 Å². The fourth-order valence-corrected chi connectivity index (χ4v) is 9.35. The molecular formula is C20H30Hf. The first-order chi connectivity index (χ1) is 10.3. The van der Waals surface area contributed by atoms with E-state index in [9.17, 15) is 0 Å². The molecular weight excluding hydrogens is 419 g/mol. The monoisotopic (exact) mass is 450 g/mol. The van der Waals surface area contributed by atoms with E-state index in [2.05, 4.69) is 39.0 Å². The molecule has 0 bridgehead atoms. The van der Waals surface area contributed by atoms with Crippen LogP contribution in [0.3, 0.4) is 0 Å². The summed E-state index contributed by atoms with van der Waals surface area (Å²) in [7, 11) is 0. The first-order valence-corrected chi connectivity index (χ1v) is 12.5. The van der Waals surface area contributed by atoms with E-state index < -0.39 is 22.9 Å². The van der Waals surface area contributed by atoms with Gasteiger partial charge in [-0.25, -0.2) is 0 Å². The number of hydrogen-bond donors (Lipinski definition) is 0. The average molecular weight is 449 g/mol. The minimum atomic E-state index is -0.797. The van der Waals surface area contributed by atoms with E-state index in [1.807, 2.05) is 12.2 Å². The third-order valence-electron chi connectivity index (χ3n) is 4.44. The van der Waals surface area contributed by atoms with Gasteiger partial charge in [0, 0.05) is 0 Å². The maximum atomic E-state index is 2.57. The molecule has 0 amide bonds. The Morgan fingerprint density at radius 3 is 2.48 bits per heavy atom. The van der Waals surface area contributed by atoms with Crippen LogP contribution in [0.5, 0.6) is 0 Å². The van der Waals surface area contributed by atoms with E-state index in [0.29, 0.717) is 0 Å². The summed E-state index contributed by atoms with van der Waals surface area (Å²) in [6, 6.07) is 0. The third kappa shape index (κ3) is 4.65. The average Bonchev–Trinajstić information content (AvgIpc) is 3.07. The van der Waals surface area contributed by atoms with Crippen molar-refractivity contribution in [2.24, 2.45) is 0 Å². The van der Waals surface area contributed by atoms with E-state index in [4.69, 9.17) is 0 Å². The van der Waals surface area contributed by atoms with Crippen LogP contribution in [0.15, 0.2) is 41.6 Å². The second kappa shape index (κ2) is 9.08. The van der Waals surface area contributed by atoms with Crippen molar-refractivity contribution < 1.29 is 22.9 Å². The summed E-state index contributed by atoms with van der Waals surface area (Å²) in [4.78, 5) is 0. The zero-order valence-electron chi connectivity index (χ0n) is 14.1. The molecule has 21 heavy (non-hydrogen) atoms. The molecule has 0 heterocycles. The SMILES string of the molecule is CCCCC1=CCC(CCC)=[C]1[Hf][C]1=C(CCC)C=CC1. The van der Waals surface area contributed by atoms with Gasteiger partial charge in [0.25, 0.3) is 0 Å². The summed E-state index contributed by atoms with van der Waals surface area (Å²) in [6.45, 7) is 6.96. The van der Waals surface area contributed by atoms with Crippen LogP contribution < -0.4 is 0 Å². The molecule has 0 spiro atoms.